The molecule has 0 aliphatic carbocycles. The molecule has 1 unspecified atom stereocenters. The first-order valence-corrected chi connectivity index (χ1v) is 5.68. The van der Waals surface area contributed by atoms with Crippen LogP contribution in [0.15, 0.2) is 24.3 Å². The smallest absolute Gasteiger partial charge is 0.119 e. The van der Waals surface area contributed by atoms with Gasteiger partial charge in [-0.3, -0.25) is 0 Å². The van der Waals surface area contributed by atoms with Gasteiger partial charge in [-0.05, 0) is 31.0 Å². The van der Waals surface area contributed by atoms with Gasteiger partial charge in [-0.2, -0.15) is 0 Å². The van der Waals surface area contributed by atoms with Crippen molar-refractivity contribution in [3.8, 4) is 5.75 Å². The van der Waals surface area contributed by atoms with Gasteiger partial charge in [-0.1, -0.05) is 19.1 Å². The van der Waals surface area contributed by atoms with Crippen molar-refractivity contribution in [2.75, 3.05) is 13.7 Å². The number of benzene rings is 1. The van der Waals surface area contributed by atoms with Crippen molar-refractivity contribution in [3.63, 3.8) is 0 Å². The molecule has 0 fully saturated rings. The van der Waals surface area contributed by atoms with E-state index in [9.17, 15) is 0 Å². The van der Waals surface area contributed by atoms with Gasteiger partial charge >= 0.3 is 0 Å². The van der Waals surface area contributed by atoms with Crippen LogP contribution in [0.3, 0.4) is 0 Å². The second kappa shape index (κ2) is 6.51. The van der Waals surface area contributed by atoms with Crippen molar-refractivity contribution < 1.29 is 9.47 Å². The Morgan fingerprint density at radius 2 is 1.88 bits per heavy atom. The molecule has 1 aromatic carbocycles. The van der Waals surface area contributed by atoms with E-state index in [1.807, 2.05) is 31.2 Å². The fourth-order valence-corrected chi connectivity index (χ4v) is 1.53. The van der Waals surface area contributed by atoms with Crippen LogP contribution in [0, 0.1) is 0 Å². The average molecular weight is 223 g/mol. The molecule has 0 heterocycles. The minimum atomic E-state index is 0.0655. The van der Waals surface area contributed by atoms with E-state index in [-0.39, 0.29) is 12.1 Å². The summed E-state index contributed by atoms with van der Waals surface area (Å²) >= 11 is 0. The first-order chi connectivity index (χ1) is 7.67. The normalized spacial score (nSPS) is 14.5. The highest BCUT2D eigenvalue weighted by Crippen LogP contribution is 2.19. The predicted octanol–water partition coefficient (Wildman–Crippen LogP) is 2.51. The van der Waals surface area contributed by atoms with E-state index < -0.39 is 0 Å². The Hall–Kier alpha value is -1.06. The molecule has 0 aromatic heterocycles. The fourth-order valence-electron chi connectivity index (χ4n) is 1.53. The summed E-state index contributed by atoms with van der Waals surface area (Å²) < 4.78 is 10.7. The molecule has 1 rings (SSSR count). The van der Waals surface area contributed by atoms with E-state index in [0.717, 1.165) is 17.7 Å². The Balaban J connectivity index is 2.57. The van der Waals surface area contributed by atoms with Gasteiger partial charge in [-0.15, -0.1) is 0 Å². The molecule has 3 nitrogen and oxygen atoms in total. The number of methoxy groups -OCH3 is 1. The number of ether oxygens (including phenoxy) is 2. The van der Waals surface area contributed by atoms with Crippen molar-refractivity contribution in [1.82, 2.24) is 0 Å². The summed E-state index contributed by atoms with van der Waals surface area (Å²) in [5.74, 6) is 0.858. The summed E-state index contributed by atoms with van der Waals surface area (Å²) in [7, 11) is 1.67. The lowest BCUT2D eigenvalue weighted by Crippen LogP contribution is -2.18. The number of hydrogen-bond donors (Lipinski definition) is 1. The molecule has 2 atom stereocenters. The van der Waals surface area contributed by atoms with E-state index in [1.165, 1.54) is 0 Å². The maximum atomic E-state index is 5.93. The SMILES string of the molecule is CC[C@H](N)c1ccc(OC(C)COC)cc1. The second-order valence-corrected chi connectivity index (χ2v) is 3.97. The van der Waals surface area contributed by atoms with Crippen LogP contribution in [0.2, 0.25) is 0 Å². The quantitative estimate of drug-likeness (QED) is 0.806. The maximum Gasteiger partial charge on any atom is 0.119 e. The second-order valence-electron chi connectivity index (χ2n) is 3.97. The molecule has 0 saturated heterocycles. The van der Waals surface area contributed by atoms with Crippen LogP contribution in [0.25, 0.3) is 0 Å². The van der Waals surface area contributed by atoms with Crippen LogP contribution in [-0.2, 0) is 4.74 Å². The van der Waals surface area contributed by atoms with Gasteiger partial charge in [0.25, 0.3) is 0 Å². The lowest BCUT2D eigenvalue weighted by Gasteiger charge is -2.15. The molecule has 2 N–H and O–H groups in total. The molecule has 0 bridgehead atoms. The van der Waals surface area contributed by atoms with E-state index >= 15 is 0 Å². The Morgan fingerprint density at radius 1 is 1.25 bits per heavy atom. The first-order valence-electron chi connectivity index (χ1n) is 5.68. The zero-order valence-electron chi connectivity index (χ0n) is 10.3. The van der Waals surface area contributed by atoms with E-state index in [4.69, 9.17) is 15.2 Å². The predicted molar refractivity (Wildman–Crippen MR) is 65.6 cm³/mol. The van der Waals surface area contributed by atoms with Crippen molar-refractivity contribution >= 4 is 0 Å². The summed E-state index contributed by atoms with van der Waals surface area (Å²) in [6.45, 7) is 4.65. The Bertz CT molecular complexity index is 297. The summed E-state index contributed by atoms with van der Waals surface area (Å²) in [4.78, 5) is 0. The highest BCUT2D eigenvalue weighted by molar-refractivity contribution is 5.29. The van der Waals surface area contributed by atoms with Crippen molar-refractivity contribution in [2.24, 2.45) is 5.73 Å². The highest BCUT2D eigenvalue weighted by atomic mass is 16.5. The minimum Gasteiger partial charge on any atom is -0.488 e. The van der Waals surface area contributed by atoms with Gasteiger partial charge in [0.15, 0.2) is 0 Å². The third-order valence-corrected chi connectivity index (χ3v) is 2.49. The van der Waals surface area contributed by atoms with E-state index in [2.05, 4.69) is 6.92 Å². The third-order valence-electron chi connectivity index (χ3n) is 2.49. The molecule has 0 saturated carbocycles. The zero-order valence-corrected chi connectivity index (χ0v) is 10.3. The van der Waals surface area contributed by atoms with Gasteiger partial charge in [0.05, 0.1) is 6.61 Å². The molecule has 0 radical (unpaired) electrons. The van der Waals surface area contributed by atoms with Crippen LogP contribution in [-0.4, -0.2) is 19.8 Å². The van der Waals surface area contributed by atoms with Gasteiger partial charge in [0, 0.05) is 13.2 Å². The van der Waals surface area contributed by atoms with Crippen LogP contribution < -0.4 is 10.5 Å². The lowest BCUT2D eigenvalue weighted by molar-refractivity contribution is 0.0921. The topological polar surface area (TPSA) is 44.5 Å². The molecule has 0 aliphatic rings. The van der Waals surface area contributed by atoms with Gasteiger partial charge in [0.1, 0.15) is 11.9 Å². The van der Waals surface area contributed by atoms with E-state index in [0.29, 0.717) is 6.61 Å². The summed E-state index contributed by atoms with van der Waals surface area (Å²) in [5, 5.41) is 0. The van der Waals surface area contributed by atoms with Crippen molar-refractivity contribution in [3.05, 3.63) is 29.8 Å². The lowest BCUT2D eigenvalue weighted by atomic mass is 10.1. The van der Waals surface area contributed by atoms with Crippen LogP contribution in [0.1, 0.15) is 31.9 Å². The third kappa shape index (κ3) is 3.83. The molecular weight excluding hydrogens is 202 g/mol. The minimum absolute atomic E-state index is 0.0655. The molecule has 0 aliphatic heterocycles. The number of nitrogens with two attached hydrogens (primary N) is 1. The van der Waals surface area contributed by atoms with E-state index in [1.54, 1.807) is 7.11 Å². The van der Waals surface area contributed by atoms with Gasteiger partial charge in [0.2, 0.25) is 0 Å². The van der Waals surface area contributed by atoms with Crippen molar-refractivity contribution in [1.29, 1.82) is 0 Å². The monoisotopic (exact) mass is 223 g/mol. The molecule has 3 heteroatoms. The molecule has 0 amide bonds. The Labute approximate surface area is 97.6 Å². The largest absolute Gasteiger partial charge is 0.488 e. The highest BCUT2D eigenvalue weighted by Gasteiger charge is 2.05. The first kappa shape index (κ1) is 13.0. The summed E-state index contributed by atoms with van der Waals surface area (Å²) in [6, 6.07) is 8.06. The van der Waals surface area contributed by atoms with Crippen LogP contribution in [0.4, 0.5) is 0 Å². The maximum absolute atomic E-state index is 5.93. The molecule has 90 valence electrons. The van der Waals surface area contributed by atoms with Crippen LogP contribution >= 0.6 is 0 Å². The molecule has 16 heavy (non-hydrogen) atoms. The Kier molecular flexibility index (Phi) is 5.29. The summed E-state index contributed by atoms with van der Waals surface area (Å²) in [5.41, 5.74) is 7.08. The summed E-state index contributed by atoms with van der Waals surface area (Å²) in [6.07, 6.45) is 1.01. The zero-order chi connectivity index (χ0) is 12.0. The van der Waals surface area contributed by atoms with Crippen LogP contribution in [0.5, 0.6) is 5.75 Å². The molecular formula is C13H21NO2. The molecule has 0 spiro atoms. The van der Waals surface area contributed by atoms with Gasteiger partial charge in [-0.25, -0.2) is 0 Å². The standard InChI is InChI=1S/C13H21NO2/c1-4-13(14)11-5-7-12(8-6-11)16-10(2)9-15-3/h5-8,10,13H,4,9,14H2,1-3H3/t10?,13-/m0/s1. The molecule has 1 aromatic rings. The number of rotatable bonds is 6. The van der Waals surface area contributed by atoms with Gasteiger partial charge < -0.3 is 15.2 Å². The number of hydrogen-bond acceptors (Lipinski definition) is 3. The average Bonchev–Trinajstić information content (AvgIpc) is 2.29. The Morgan fingerprint density at radius 3 is 2.38 bits per heavy atom. The fraction of sp³-hybridized carbons (Fsp3) is 0.538. The van der Waals surface area contributed by atoms with Crippen molar-refractivity contribution in [2.45, 2.75) is 32.4 Å².